The van der Waals surface area contributed by atoms with Gasteiger partial charge in [0.2, 0.25) is 0 Å². The first-order valence-corrected chi connectivity index (χ1v) is 7.90. The van der Waals surface area contributed by atoms with Gasteiger partial charge in [-0.25, -0.2) is 13.2 Å². The quantitative estimate of drug-likeness (QED) is 0.793. The number of carbonyl (C=O) groups excluding carboxylic acids is 1. The van der Waals surface area contributed by atoms with Gasteiger partial charge in [0, 0.05) is 6.54 Å². The van der Waals surface area contributed by atoms with Crippen molar-refractivity contribution in [2.45, 2.75) is 32.9 Å². The molecular weight excluding hydrogens is 270 g/mol. The Morgan fingerprint density at radius 2 is 2.26 bits per heavy atom. The van der Waals surface area contributed by atoms with E-state index in [0.29, 0.717) is 18.7 Å². The van der Waals surface area contributed by atoms with Gasteiger partial charge in [0.15, 0.2) is 15.5 Å². The predicted molar refractivity (Wildman–Crippen MR) is 69.5 cm³/mol. The minimum Gasteiger partial charge on any atom is -0.456 e. The molecule has 0 saturated carbocycles. The maximum atomic E-state index is 12.1. The molecule has 0 aliphatic carbocycles. The number of aromatic nitrogens is 2. The van der Waals surface area contributed by atoms with Gasteiger partial charge in [-0.2, -0.15) is 5.10 Å². The highest BCUT2D eigenvalue weighted by molar-refractivity contribution is 7.91. The van der Waals surface area contributed by atoms with Crippen molar-refractivity contribution >= 4 is 21.5 Å². The van der Waals surface area contributed by atoms with Crippen molar-refractivity contribution < 1.29 is 17.9 Å². The number of carbonyl (C=O) groups is 1. The normalized spacial score (nSPS) is 21.5. The molecule has 1 aromatic heterocycles. The van der Waals surface area contributed by atoms with E-state index in [1.54, 1.807) is 6.92 Å². The molecule has 0 amide bonds. The lowest BCUT2D eigenvalue weighted by atomic mass is 10.3. The van der Waals surface area contributed by atoms with Crippen LogP contribution in [0.25, 0.3) is 0 Å². The van der Waals surface area contributed by atoms with E-state index >= 15 is 0 Å². The highest BCUT2D eigenvalue weighted by Gasteiger charge is 2.32. The first kappa shape index (κ1) is 13.9. The average Bonchev–Trinajstić information content (AvgIpc) is 2.80. The van der Waals surface area contributed by atoms with E-state index < -0.39 is 21.9 Å². The summed E-state index contributed by atoms with van der Waals surface area (Å²) in [6.45, 7) is 4.03. The molecule has 0 radical (unpaired) electrons. The molecule has 0 bridgehead atoms. The van der Waals surface area contributed by atoms with E-state index in [0.717, 1.165) is 0 Å². The van der Waals surface area contributed by atoms with Gasteiger partial charge in [0.05, 0.1) is 22.9 Å². The SMILES string of the molecule is CCn1nc(C)c(N)c1C(=O)OC1CCS(=O)(=O)C1. The van der Waals surface area contributed by atoms with Gasteiger partial charge in [0.1, 0.15) is 6.10 Å². The summed E-state index contributed by atoms with van der Waals surface area (Å²) in [4.78, 5) is 12.1. The highest BCUT2D eigenvalue weighted by atomic mass is 32.2. The van der Waals surface area contributed by atoms with Crippen LogP contribution in [0.1, 0.15) is 29.5 Å². The standard InChI is InChI=1S/C11H17N3O4S/c1-3-14-10(9(12)7(2)13-14)11(15)18-8-4-5-19(16,17)6-8/h8H,3-6,12H2,1-2H3. The third-order valence-electron chi connectivity index (χ3n) is 3.13. The van der Waals surface area contributed by atoms with E-state index in [9.17, 15) is 13.2 Å². The van der Waals surface area contributed by atoms with Crippen molar-refractivity contribution in [1.82, 2.24) is 9.78 Å². The molecule has 1 aromatic rings. The second kappa shape index (κ2) is 4.84. The topological polar surface area (TPSA) is 104 Å². The number of nitrogen functional groups attached to an aromatic ring is 1. The molecule has 0 spiro atoms. The van der Waals surface area contributed by atoms with Gasteiger partial charge in [-0.05, 0) is 20.3 Å². The number of nitrogens with zero attached hydrogens (tertiary/aromatic N) is 2. The first-order chi connectivity index (χ1) is 8.84. The zero-order valence-electron chi connectivity index (χ0n) is 10.9. The Hall–Kier alpha value is -1.57. The van der Waals surface area contributed by atoms with Crippen LogP contribution < -0.4 is 5.73 Å². The summed E-state index contributed by atoms with van der Waals surface area (Å²) in [6, 6.07) is 0. The molecule has 1 unspecified atom stereocenters. The number of hydrogen-bond acceptors (Lipinski definition) is 6. The van der Waals surface area contributed by atoms with Crippen molar-refractivity contribution in [1.29, 1.82) is 0 Å². The molecule has 1 aliphatic rings. The molecule has 7 nitrogen and oxygen atoms in total. The lowest BCUT2D eigenvalue weighted by molar-refractivity contribution is 0.0343. The molecule has 2 heterocycles. The summed E-state index contributed by atoms with van der Waals surface area (Å²) < 4.78 is 29.3. The largest absolute Gasteiger partial charge is 0.456 e. The van der Waals surface area contributed by atoms with Crippen molar-refractivity contribution in [2.24, 2.45) is 0 Å². The fourth-order valence-corrected chi connectivity index (χ4v) is 3.69. The van der Waals surface area contributed by atoms with Crippen molar-refractivity contribution in [3.05, 3.63) is 11.4 Å². The van der Waals surface area contributed by atoms with E-state index in [4.69, 9.17) is 10.5 Å². The third-order valence-corrected chi connectivity index (χ3v) is 4.87. The minimum atomic E-state index is -3.07. The summed E-state index contributed by atoms with van der Waals surface area (Å²) in [7, 11) is -3.07. The molecule has 0 aromatic carbocycles. The van der Waals surface area contributed by atoms with E-state index in [1.165, 1.54) is 4.68 Å². The zero-order chi connectivity index (χ0) is 14.2. The Kier molecular flexibility index (Phi) is 3.53. The van der Waals surface area contributed by atoms with Crippen molar-refractivity contribution in [2.75, 3.05) is 17.2 Å². The number of rotatable bonds is 3. The lowest BCUT2D eigenvalue weighted by Crippen LogP contribution is -2.22. The summed E-state index contributed by atoms with van der Waals surface area (Å²) in [6.07, 6.45) is -0.245. The molecule has 1 aliphatic heterocycles. The van der Waals surface area contributed by atoms with Gasteiger partial charge >= 0.3 is 5.97 Å². The monoisotopic (exact) mass is 287 g/mol. The van der Waals surface area contributed by atoms with Gasteiger partial charge in [-0.15, -0.1) is 0 Å². The number of nitrogens with two attached hydrogens (primary N) is 1. The Morgan fingerprint density at radius 3 is 2.79 bits per heavy atom. The minimum absolute atomic E-state index is 0.0620. The van der Waals surface area contributed by atoms with Crippen LogP contribution in [0.15, 0.2) is 0 Å². The summed E-state index contributed by atoms with van der Waals surface area (Å²) in [5, 5.41) is 4.13. The Labute approximate surface area is 111 Å². The molecule has 1 atom stereocenters. The van der Waals surface area contributed by atoms with E-state index in [-0.39, 0.29) is 22.9 Å². The summed E-state index contributed by atoms with van der Waals surface area (Å²) >= 11 is 0. The second-order valence-corrected chi connectivity index (χ2v) is 6.82. The molecule has 19 heavy (non-hydrogen) atoms. The fraction of sp³-hybridized carbons (Fsp3) is 0.636. The van der Waals surface area contributed by atoms with Crippen LogP contribution >= 0.6 is 0 Å². The molecule has 2 rings (SSSR count). The van der Waals surface area contributed by atoms with Crippen LogP contribution in [0.4, 0.5) is 5.69 Å². The molecular formula is C11H17N3O4S. The van der Waals surface area contributed by atoms with Gasteiger partial charge in [-0.1, -0.05) is 0 Å². The van der Waals surface area contributed by atoms with E-state index in [1.807, 2.05) is 6.92 Å². The predicted octanol–water partition coefficient (Wildman–Crippen LogP) is 0.138. The average molecular weight is 287 g/mol. The summed E-state index contributed by atoms with van der Waals surface area (Å²) in [5.41, 5.74) is 6.85. The van der Waals surface area contributed by atoms with E-state index in [2.05, 4.69) is 5.10 Å². The summed E-state index contributed by atoms with van der Waals surface area (Å²) in [5.74, 6) is -0.660. The first-order valence-electron chi connectivity index (χ1n) is 6.08. The molecule has 8 heteroatoms. The van der Waals surface area contributed by atoms with Crippen LogP contribution in [0.3, 0.4) is 0 Å². The lowest BCUT2D eigenvalue weighted by Gasteiger charge is -2.11. The molecule has 106 valence electrons. The van der Waals surface area contributed by atoms with Crippen molar-refractivity contribution in [3.8, 4) is 0 Å². The maximum Gasteiger partial charge on any atom is 0.359 e. The van der Waals surface area contributed by atoms with Crippen LogP contribution in [-0.4, -0.2) is 41.8 Å². The number of anilines is 1. The maximum absolute atomic E-state index is 12.1. The van der Waals surface area contributed by atoms with Crippen LogP contribution in [0.2, 0.25) is 0 Å². The van der Waals surface area contributed by atoms with Crippen LogP contribution in [-0.2, 0) is 21.1 Å². The molecule has 1 saturated heterocycles. The molecule has 1 fully saturated rings. The zero-order valence-corrected chi connectivity index (χ0v) is 11.7. The number of esters is 1. The third kappa shape index (κ3) is 2.73. The Bertz CT molecular complexity index is 606. The highest BCUT2D eigenvalue weighted by Crippen LogP contribution is 2.21. The second-order valence-electron chi connectivity index (χ2n) is 4.59. The number of sulfone groups is 1. The fourth-order valence-electron chi connectivity index (χ4n) is 2.10. The van der Waals surface area contributed by atoms with Crippen LogP contribution in [0, 0.1) is 6.92 Å². The number of hydrogen-bond donors (Lipinski definition) is 1. The Morgan fingerprint density at radius 1 is 1.58 bits per heavy atom. The van der Waals surface area contributed by atoms with Gasteiger partial charge in [-0.3, -0.25) is 4.68 Å². The van der Waals surface area contributed by atoms with Gasteiger partial charge < -0.3 is 10.5 Å². The van der Waals surface area contributed by atoms with Gasteiger partial charge in [0.25, 0.3) is 0 Å². The van der Waals surface area contributed by atoms with Crippen molar-refractivity contribution in [3.63, 3.8) is 0 Å². The Balaban J connectivity index is 2.17. The molecule has 2 N–H and O–H groups in total. The van der Waals surface area contributed by atoms with Crippen LogP contribution in [0.5, 0.6) is 0 Å². The number of ether oxygens (including phenoxy) is 1. The number of aryl methyl sites for hydroxylation is 2. The smallest absolute Gasteiger partial charge is 0.359 e.